The molecule has 0 aromatic carbocycles. The summed E-state index contributed by atoms with van der Waals surface area (Å²) in [6.07, 6.45) is 5.49. The SMILES string of the molecule is CCC[C@H](C)C(C)NC1CC1. The van der Waals surface area contributed by atoms with Crippen LogP contribution in [0, 0.1) is 5.92 Å². The first kappa shape index (κ1) is 9.05. The molecule has 0 aromatic rings. The third kappa shape index (κ3) is 3.24. The average Bonchev–Trinajstić information content (AvgIpc) is 2.72. The van der Waals surface area contributed by atoms with Crippen molar-refractivity contribution in [3.05, 3.63) is 0 Å². The third-order valence-electron chi connectivity index (χ3n) is 2.67. The van der Waals surface area contributed by atoms with E-state index in [0.29, 0.717) is 0 Å². The van der Waals surface area contributed by atoms with E-state index in [2.05, 4.69) is 26.1 Å². The van der Waals surface area contributed by atoms with Gasteiger partial charge in [0, 0.05) is 12.1 Å². The van der Waals surface area contributed by atoms with E-state index >= 15 is 0 Å². The van der Waals surface area contributed by atoms with Gasteiger partial charge < -0.3 is 5.32 Å². The van der Waals surface area contributed by atoms with Gasteiger partial charge in [0.05, 0.1) is 0 Å². The molecule has 1 unspecified atom stereocenters. The fraction of sp³-hybridized carbons (Fsp3) is 1.00. The lowest BCUT2D eigenvalue weighted by Gasteiger charge is -2.20. The van der Waals surface area contributed by atoms with Crippen LogP contribution in [0.5, 0.6) is 0 Å². The number of nitrogens with one attached hydrogen (secondary N) is 1. The second kappa shape index (κ2) is 4.10. The van der Waals surface area contributed by atoms with Gasteiger partial charge in [-0.25, -0.2) is 0 Å². The summed E-state index contributed by atoms with van der Waals surface area (Å²) in [6, 6.07) is 1.59. The predicted molar refractivity (Wildman–Crippen MR) is 49.7 cm³/mol. The highest BCUT2D eigenvalue weighted by Crippen LogP contribution is 2.21. The molecule has 1 rings (SSSR count). The molecule has 66 valence electrons. The molecule has 0 saturated heterocycles. The van der Waals surface area contributed by atoms with Crippen LogP contribution in [0.25, 0.3) is 0 Å². The maximum absolute atomic E-state index is 3.64. The van der Waals surface area contributed by atoms with Crippen molar-refractivity contribution in [3.63, 3.8) is 0 Å². The Kier molecular flexibility index (Phi) is 3.38. The fourth-order valence-corrected chi connectivity index (χ4v) is 1.49. The maximum Gasteiger partial charge on any atom is 0.00708 e. The van der Waals surface area contributed by atoms with Crippen LogP contribution in [-0.4, -0.2) is 12.1 Å². The molecule has 1 fully saturated rings. The van der Waals surface area contributed by atoms with E-state index in [4.69, 9.17) is 0 Å². The molecule has 0 spiro atoms. The normalized spacial score (nSPS) is 23.2. The Balaban J connectivity index is 2.10. The van der Waals surface area contributed by atoms with Gasteiger partial charge in [-0.2, -0.15) is 0 Å². The molecule has 11 heavy (non-hydrogen) atoms. The summed E-state index contributed by atoms with van der Waals surface area (Å²) in [4.78, 5) is 0. The minimum absolute atomic E-state index is 0.724. The summed E-state index contributed by atoms with van der Waals surface area (Å²) in [6.45, 7) is 6.93. The van der Waals surface area contributed by atoms with Crippen molar-refractivity contribution in [2.24, 2.45) is 5.92 Å². The second-order valence-electron chi connectivity index (χ2n) is 4.00. The summed E-state index contributed by atoms with van der Waals surface area (Å²) < 4.78 is 0. The van der Waals surface area contributed by atoms with Crippen LogP contribution in [0.15, 0.2) is 0 Å². The van der Waals surface area contributed by atoms with Crippen molar-refractivity contribution in [3.8, 4) is 0 Å². The molecular weight excluding hydrogens is 134 g/mol. The van der Waals surface area contributed by atoms with Crippen LogP contribution < -0.4 is 5.32 Å². The van der Waals surface area contributed by atoms with Crippen LogP contribution in [-0.2, 0) is 0 Å². The molecule has 0 amide bonds. The third-order valence-corrected chi connectivity index (χ3v) is 2.67. The van der Waals surface area contributed by atoms with Gasteiger partial charge in [-0.05, 0) is 32.1 Å². The van der Waals surface area contributed by atoms with Crippen molar-refractivity contribution in [2.45, 2.75) is 58.5 Å². The molecule has 2 atom stereocenters. The summed E-state index contributed by atoms with van der Waals surface area (Å²) in [5, 5.41) is 3.64. The molecule has 1 N–H and O–H groups in total. The lowest BCUT2D eigenvalue weighted by atomic mass is 9.98. The monoisotopic (exact) mass is 155 g/mol. The summed E-state index contributed by atoms with van der Waals surface area (Å²) in [5.74, 6) is 0.848. The largest absolute Gasteiger partial charge is 0.311 e. The topological polar surface area (TPSA) is 12.0 Å². The molecule has 0 aliphatic heterocycles. The van der Waals surface area contributed by atoms with E-state index in [0.717, 1.165) is 18.0 Å². The Morgan fingerprint density at radius 2 is 2.00 bits per heavy atom. The van der Waals surface area contributed by atoms with Gasteiger partial charge in [0.25, 0.3) is 0 Å². The van der Waals surface area contributed by atoms with Crippen LogP contribution in [0.1, 0.15) is 46.5 Å². The van der Waals surface area contributed by atoms with E-state index in [1.165, 1.54) is 25.7 Å². The molecule has 0 heterocycles. The minimum atomic E-state index is 0.724. The van der Waals surface area contributed by atoms with Crippen LogP contribution in [0.4, 0.5) is 0 Å². The molecule has 1 aliphatic carbocycles. The summed E-state index contributed by atoms with van der Waals surface area (Å²) in [5.41, 5.74) is 0. The van der Waals surface area contributed by atoms with Crippen molar-refractivity contribution in [1.29, 1.82) is 0 Å². The zero-order valence-corrected chi connectivity index (χ0v) is 8.06. The average molecular weight is 155 g/mol. The Morgan fingerprint density at radius 3 is 2.45 bits per heavy atom. The predicted octanol–water partition coefficient (Wildman–Crippen LogP) is 2.56. The van der Waals surface area contributed by atoms with E-state index in [1.807, 2.05) is 0 Å². The molecule has 0 aromatic heterocycles. The van der Waals surface area contributed by atoms with Gasteiger partial charge in [-0.1, -0.05) is 20.3 Å². The highest BCUT2D eigenvalue weighted by atomic mass is 15.0. The lowest BCUT2D eigenvalue weighted by Crippen LogP contribution is -2.33. The first-order chi connectivity index (χ1) is 5.24. The molecule has 0 bridgehead atoms. The Hall–Kier alpha value is -0.0400. The van der Waals surface area contributed by atoms with Gasteiger partial charge in [0.2, 0.25) is 0 Å². The highest BCUT2D eigenvalue weighted by molar-refractivity contribution is 4.84. The van der Waals surface area contributed by atoms with Crippen LogP contribution in [0.3, 0.4) is 0 Å². The lowest BCUT2D eigenvalue weighted by molar-refractivity contribution is 0.374. The summed E-state index contributed by atoms with van der Waals surface area (Å²) in [7, 11) is 0. The van der Waals surface area contributed by atoms with Gasteiger partial charge >= 0.3 is 0 Å². The Labute approximate surface area is 70.6 Å². The van der Waals surface area contributed by atoms with E-state index < -0.39 is 0 Å². The Morgan fingerprint density at radius 1 is 1.36 bits per heavy atom. The zero-order chi connectivity index (χ0) is 8.27. The van der Waals surface area contributed by atoms with Crippen molar-refractivity contribution in [1.82, 2.24) is 5.32 Å². The molecule has 0 radical (unpaired) electrons. The first-order valence-electron chi connectivity index (χ1n) is 5.00. The molecule has 1 saturated carbocycles. The van der Waals surface area contributed by atoms with E-state index in [1.54, 1.807) is 0 Å². The van der Waals surface area contributed by atoms with Crippen molar-refractivity contribution >= 4 is 0 Å². The van der Waals surface area contributed by atoms with Gasteiger partial charge in [-0.15, -0.1) is 0 Å². The Bertz CT molecular complexity index is 107. The van der Waals surface area contributed by atoms with Gasteiger partial charge in [0.1, 0.15) is 0 Å². The maximum atomic E-state index is 3.64. The number of hydrogen-bond acceptors (Lipinski definition) is 1. The smallest absolute Gasteiger partial charge is 0.00708 e. The zero-order valence-electron chi connectivity index (χ0n) is 8.06. The molecule has 1 nitrogen and oxygen atoms in total. The number of hydrogen-bond donors (Lipinski definition) is 1. The van der Waals surface area contributed by atoms with Gasteiger partial charge in [0.15, 0.2) is 0 Å². The molecular formula is C10H21N. The van der Waals surface area contributed by atoms with Crippen LogP contribution in [0.2, 0.25) is 0 Å². The highest BCUT2D eigenvalue weighted by Gasteiger charge is 2.24. The quantitative estimate of drug-likeness (QED) is 0.643. The van der Waals surface area contributed by atoms with Crippen LogP contribution >= 0.6 is 0 Å². The number of rotatable bonds is 5. The molecule has 1 heteroatoms. The van der Waals surface area contributed by atoms with Crippen molar-refractivity contribution in [2.75, 3.05) is 0 Å². The van der Waals surface area contributed by atoms with E-state index in [-0.39, 0.29) is 0 Å². The summed E-state index contributed by atoms with van der Waals surface area (Å²) >= 11 is 0. The minimum Gasteiger partial charge on any atom is -0.311 e. The van der Waals surface area contributed by atoms with Crippen molar-refractivity contribution < 1.29 is 0 Å². The fourth-order valence-electron chi connectivity index (χ4n) is 1.49. The van der Waals surface area contributed by atoms with Gasteiger partial charge in [-0.3, -0.25) is 0 Å². The first-order valence-corrected chi connectivity index (χ1v) is 5.00. The molecule has 1 aliphatic rings. The second-order valence-corrected chi connectivity index (χ2v) is 4.00. The van der Waals surface area contributed by atoms with E-state index in [9.17, 15) is 0 Å². The standard InChI is InChI=1S/C10H21N/c1-4-5-8(2)9(3)11-10-6-7-10/h8-11H,4-7H2,1-3H3/t8-,9?/m0/s1.